The van der Waals surface area contributed by atoms with Crippen molar-refractivity contribution in [2.75, 3.05) is 13.1 Å². The molecule has 0 bridgehead atoms. The Labute approximate surface area is 97.0 Å². The van der Waals surface area contributed by atoms with Crippen LogP contribution < -0.4 is 5.32 Å². The number of carbonyl (C=O) groups is 1. The molecule has 1 amide bonds. The Balaban J connectivity index is 0.000000853. The van der Waals surface area contributed by atoms with Gasteiger partial charge in [-0.05, 0) is 38.0 Å². The van der Waals surface area contributed by atoms with Crippen LogP contribution in [0.5, 0.6) is 0 Å². The Kier molecular flexibility index (Phi) is 3.21. The molecule has 15 heavy (non-hydrogen) atoms. The maximum atomic E-state index is 12.0. The van der Waals surface area contributed by atoms with Crippen molar-refractivity contribution in [3.05, 3.63) is 0 Å². The van der Waals surface area contributed by atoms with Gasteiger partial charge in [0.25, 0.3) is 0 Å². The summed E-state index contributed by atoms with van der Waals surface area (Å²) in [7, 11) is 0. The summed E-state index contributed by atoms with van der Waals surface area (Å²) >= 11 is 0. The minimum absolute atomic E-state index is 0. The molecule has 0 radical (unpaired) electrons. The van der Waals surface area contributed by atoms with Crippen LogP contribution in [0.15, 0.2) is 0 Å². The highest BCUT2D eigenvalue weighted by atomic mass is 35.5. The first kappa shape index (κ1) is 11.2. The number of halogens is 1. The molecule has 3 fully saturated rings. The zero-order chi connectivity index (χ0) is 9.54. The number of rotatable bonds is 1. The van der Waals surface area contributed by atoms with Crippen LogP contribution in [0, 0.1) is 5.92 Å². The standard InChI is InChI=1S/C11H18N2O.ClH/c14-11(13-4-2-1-3-5-13)10-7-8-6-9(8)12-10;/h8-10,12H,1-7H2;1H/t8-,9-,10+;/m1./s1. The third-order valence-electron chi connectivity index (χ3n) is 3.84. The number of carbonyl (C=O) groups excluding carboxylic acids is 1. The third-order valence-corrected chi connectivity index (χ3v) is 3.84. The van der Waals surface area contributed by atoms with Crippen molar-refractivity contribution < 1.29 is 4.79 Å². The largest absolute Gasteiger partial charge is 0.341 e. The zero-order valence-electron chi connectivity index (χ0n) is 8.95. The van der Waals surface area contributed by atoms with Crippen LogP contribution in [0.2, 0.25) is 0 Å². The number of hydrogen-bond acceptors (Lipinski definition) is 2. The number of likely N-dealkylation sites (tertiary alicyclic amines) is 1. The van der Waals surface area contributed by atoms with E-state index in [0.717, 1.165) is 25.4 Å². The fourth-order valence-corrected chi connectivity index (χ4v) is 2.85. The molecular formula is C11H19ClN2O. The molecule has 0 aromatic rings. The molecule has 86 valence electrons. The van der Waals surface area contributed by atoms with E-state index in [9.17, 15) is 4.79 Å². The van der Waals surface area contributed by atoms with Gasteiger partial charge in [-0.3, -0.25) is 4.79 Å². The van der Waals surface area contributed by atoms with Gasteiger partial charge in [-0.1, -0.05) is 0 Å². The summed E-state index contributed by atoms with van der Waals surface area (Å²) in [5, 5.41) is 3.43. The lowest BCUT2D eigenvalue weighted by Gasteiger charge is -2.29. The third kappa shape index (κ3) is 2.13. The molecule has 3 aliphatic rings. The fraction of sp³-hybridized carbons (Fsp3) is 0.909. The summed E-state index contributed by atoms with van der Waals surface area (Å²) in [6.07, 6.45) is 6.10. The molecule has 1 N–H and O–H groups in total. The predicted molar refractivity (Wildman–Crippen MR) is 61.1 cm³/mol. The van der Waals surface area contributed by atoms with Crippen molar-refractivity contribution in [1.82, 2.24) is 10.2 Å². The molecule has 3 rings (SSSR count). The van der Waals surface area contributed by atoms with E-state index in [4.69, 9.17) is 0 Å². The minimum atomic E-state index is 0. The van der Waals surface area contributed by atoms with Gasteiger partial charge in [-0.25, -0.2) is 0 Å². The maximum absolute atomic E-state index is 12.0. The van der Waals surface area contributed by atoms with Crippen molar-refractivity contribution in [3.63, 3.8) is 0 Å². The van der Waals surface area contributed by atoms with Crippen LogP contribution in [0.1, 0.15) is 32.1 Å². The van der Waals surface area contributed by atoms with Crippen LogP contribution in [-0.2, 0) is 4.79 Å². The van der Waals surface area contributed by atoms with Crippen molar-refractivity contribution >= 4 is 18.3 Å². The summed E-state index contributed by atoms with van der Waals surface area (Å²) in [6.45, 7) is 1.98. The van der Waals surface area contributed by atoms with Gasteiger partial charge < -0.3 is 10.2 Å². The van der Waals surface area contributed by atoms with Crippen LogP contribution in [0.3, 0.4) is 0 Å². The minimum Gasteiger partial charge on any atom is -0.341 e. The Bertz CT molecular complexity index is 239. The summed E-state index contributed by atoms with van der Waals surface area (Å²) in [5.74, 6) is 1.20. The molecule has 2 saturated heterocycles. The molecule has 0 spiro atoms. The first-order chi connectivity index (χ1) is 6.84. The number of amides is 1. The quantitative estimate of drug-likeness (QED) is 0.734. The molecule has 3 atom stereocenters. The van der Waals surface area contributed by atoms with Gasteiger partial charge in [0.05, 0.1) is 6.04 Å². The number of nitrogens with one attached hydrogen (secondary N) is 1. The average Bonchev–Trinajstić information content (AvgIpc) is 2.86. The van der Waals surface area contributed by atoms with Gasteiger partial charge in [0, 0.05) is 19.1 Å². The molecule has 2 aliphatic heterocycles. The second-order valence-electron chi connectivity index (χ2n) is 4.94. The predicted octanol–water partition coefficient (Wildman–Crippen LogP) is 1.17. The molecular weight excluding hydrogens is 212 g/mol. The van der Waals surface area contributed by atoms with Gasteiger partial charge in [0.15, 0.2) is 0 Å². The smallest absolute Gasteiger partial charge is 0.239 e. The summed E-state index contributed by atoms with van der Waals surface area (Å²) in [6, 6.07) is 0.852. The van der Waals surface area contributed by atoms with Gasteiger partial charge in [0.1, 0.15) is 0 Å². The monoisotopic (exact) mass is 230 g/mol. The Morgan fingerprint density at radius 3 is 2.47 bits per heavy atom. The molecule has 1 saturated carbocycles. The summed E-state index contributed by atoms with van der Waals surface area (Å²) in [5.41, 5.74) is 0. The maximum Gasteiger partial charge on any atom is 0.239 e. The Morgan fingerprint density at radius 2 is 1.87 bits per heavy atom. The zero-order valence-corrected chi connectivity index (χ0v) is 9.76. The number of nitrogens with zero attached hydrogens (tertiary/aromatic N) is 1. The second kappa shape index (κ2) is 4.30. The number of piperidine rings is 2. The normalized spacial score (nSPS) is 38.1. The van der Waals surface area contributed by atoms with E-state index in [1.54, 1.807) is 0 Å². The molecule has 0 unspecified atom stereocenters. The SMILES string of the molecule is Cl.O=C([C@@H]1C[C@H]2C[C@H]2N1)N1CCCCC1. The highest BCUT2D eigenvalue weighted by molar-refractivity contribution is 5.85. The first-order valence-electron chi connectivity index (χ1n) is 5.89. The lowest BCUT2D eigenvalue weighted by Crippen LogP contribution is -2.46. The molecule has 2 heterocycles. The molecule has 4 heteroatoms. The molecule has 0 aromatic heterocycles. The van der Waals surface area contributed by atoms with Crippen molar-refractivity contribution in [3.8, 4) is 0 Å². The number of hydrogen-bond donors (Lipinski definition) is 1. The topological polar surface area (TPSA) is 32.3 Å². The highest BCUT2D eigenvalue weighted by Gasteiger charge is 2.48. The Morgan fingerprint density at radius 1 is 1.13 bits per heavy atom. The summed E-state index contributed by atoms with van der Waals surface area (Å²) in [4.78, 5) is 14.1. The molecule has 1 aliphatic carbocycles. The summed E-state index contributed by atoms with van der Waals surface area (Å²) < 4.78 is 0. The van der Waals surface area contributed by atoms with Crippen molar-refractivity contribution in [1.29, 1.82) is 0 Å². The van der Waals surface area contributed by atoms with Crippen molar-refractivity contribution in [2.24, 2.45) is 5.92 Å². The van der Waals surface area contributed by atoms with E-state index in [2.05, 4.69) is 10.2 Å². The van der Waals surface area contributed by atoms with Crippen LogP contribution in [0.4, 0.5) is 0 Å². The van der Waals surface area contributed by atoms with E-state index in [-0.39, 0.29) is 18.4 Å². The second-order valence-corrected chi connectivity index (χ2v) is 4.94. The van der Waals surface area contributed by atoms with Crippen LogP contribution in [-0.4, -0.2) is 36.0 Å². The van der Waals surface area contributed by atoms with Crippen LogP contribution >= 0.6 is 12.4 Å². The average molecular weight is 231 g/mol. The lowest BCUT2D eigenvalue weighted by molar-refractivity contribution is -0.134. The lowest BCUT2D eigenvalue weighted by atomic mass is 10.1. The number of fused-ring (bicyclic) bond motifs is 1. The van der Waals surface area contributed by atoms with Crippen molar-refractivity contribution in [2.45, 2.75) is 44.2 Å². The van der Waals surface area contributed by atoms with E-state index >= 15 is 0 Å². The van der Waals surface area contributed by atoms with E-state index in [1.807, 2.05) is 0 Å². The molecule has 3 nitrogen and oxygen atoms in total. The van der Waals surface area contributed by atoms with E-state index in [0.29, 0.717) is 11.9 Å². The first-order valence-corrected chi connectivity index (χ1v) is 5.89. The van der Waals surface area contributed by atoms with Gasteiger partial charge >= 0.3 is 0 Å². The van der Waals surface area contributed by atoms with E-state index < -0.39 is 0 Å². The van der Waals surface area contributed by atoms with Gasteiger partial charge in [-0.2, -0.15) is 0 Å². The highest BCUT2D eigenvalue weighted by Crippen LogP contribution is 2.41. The Hall–Kier alpha value is -0.280. The fourth-order valence-electron chi connectivity index (χ4n) is 2.85. The van der Waals surface area contributed by atoms with Crippen LogP contribution in [0.25, 0.3) is 0 Å². The van der Waals surface area contributed by atoms with Gasteiger partial charge in [0.2, 0.25) is 5.91 Å². The van der Waals surface area contributed by atoms with E-state index in [1.165, 1.54) is 25.7 Å². The molecule has 0 aromatic carbocycles. The van der Waals surface area contributed by atoms with Gasteiger partial charge in [-0.15, -0.1) is 12.4 Å².